The van der Waals surface area contributed by atoms with Gasteiger partial charge in [0.05, 0.1) is 0 Å². The van der Waals surface area contributed by atoms with Crippen molar-refractivity contribution in [3.05, 3.63) is 35.9 Å². The molecule has 2 aliphatic rings. The van der Waals surface area contributed by atoms with E-state index in [4.69, 9.17) is 0 Å². The lowest BCUT2D eigenvalue weighted by Gasteiger charge is -2.42. The van der Waals surface area contributed by atoms with Crippen LogP contribution in [-0.4, -0.2) is 36.6 Å². The molecule has 3 rings (SSSR count). The van der Waals surface area contributed by atoms with Gasteiger partial charge in [0.2, 0.25) is 0 Å². The van der Waals surface area contributed by atoms with Crippen LogP contribution in [0.1, 0.15) is 32.3 Å². The molecule has 1 aliphatic heterocycles. The van der Waals surface area contributed by atoms with Crippen molar-refractivity contribution >= 4 is 0 Å². The monoisotopic (exact) mass is 272 g/mol. The Hall–Kier alpha value is -0.860. The maximum Gasteiger partial charge on any atom is 0.0244 e. The van der Waals surface area contributed by atoms with Crippen molar-refractivity contribution in [3.8, 4) is 0 Å². The van der Waals surface area contributed by atoms with Crippen molar-refractivity contribution in [3.63, 3.8) is 0 Å². The number of nitrogens with one attached hydrogen (secondary N) is 1. The minimum absolute atomic E-state index is 0.617. The average Bonchev–Trinajstić information content (AvgIpc) is 3.24. The lowest BCUT2D eigenvalue weighted by atomic mass is 9.95. The molecule has 0 bridgehead atoms. The van der Waals surface area contributed by atoms with Crippen LogP contribution in [0.4, 0.5) is 0 Å². The molecule has 1 saturated heterocycles. The molecule has 2 heteroatoms. The largest absolute Gasteiger partial charge is 0.311 e. The fourth-order valence-electron chi connectivity index (χ4n) is 3.43. The van der Waals surface area contributed by atoms with Crippen LogP contribution in [0, 0.1) is 11.8 Å². The number of hydrogen-bond donors (Lipinski definition) is 1. The second-order valence-corrected chi connectivity index (χ2v) is 7.00. The molecule has 20 heavy (non-hydrogen) atoms. The highest BCUT2D eigenvalue weighted by Crippen LogP contribution is 2.31. The maximum absolute atomic E-state index is 3.78. The molecule has 0 amide bonds. The minimum atomic E-state index is 0.617. The Labute approximate surface area is 123 Å². The summed E-state index contributed by atoms with van der Waals surface area (Å²) in [4.78, 5) is 2.77. The zero-order valence-corrected chi connectivity index (χ0v) is 12.9. The van der Waals surface area contributed by atoms with E-state index in [-0.39, 0.29) is 0 Å². The van der Waals surface area contributed by atoms with Crippen LogP contribution in [-0.2, 0) is 6.42 Å². The molecule has 2 nitrogen and oxygen atoms in total. The summed E-state index contributed by atoms with van der Waals surface area (Å²) in [5.41, 5.74) is 1.46. The Kier molecular flexibility index (Phi) is 4.42. The molecule has 2 atom stereocenters. The van der Waals surface area contributed by atoms with Crippen molar-refractivity contribution < 1.29 is 0 Å². The molecule has 1 aromatic carbocycles. The van der Waals surface area contributed by atoms with Gasteiger partial charge in [-0.15, -0.1) is 0 Å². The van der Waals surface area contributed by atoms with Crippen LogP contribution < -0.4 is 5.32 Å². The van der Waals surface area contributed by atoms with Crippen molar-refractivity contribution in [1.29, 1.82) is 0 Å². The summed E-state index contributed by atoms with van der Waals surface area (Å²) in [5.74, 6) is 1.74. The van der Waals surface area contributed by atoms with Crippen LogP contribution in [0.25, 0.3) is 0 Å². The minimum Gasteiger partial charge on any atom is -0.311 e. The quantitative estimate of drug-likeness (QED) is 0.886. The van der Waals surface area contributed by atoms with Crippen LogP contribution in [0.2, 0.25) is 0 Å². The predicted octanol–water partition coefficient (Wildman–Crippen LogP) is 2.94. The zero-order chi connectivity index (χ0) is 13.9. The van der Waals surface area contributed by atoms with Gasteiger partial charge in [0, 0.05) is 31.7 Å². The molecule has 1 aromatic rings. The van der Waals surface area contributed by atoms with E-state index in [1.54, 1.807) is 0 Å². The molecule has 2 fully saturated rings. The van der Waals surface area contributed by atoms with E-state index in [1.807, 2.05) is 0 Å². The van der Waals surface area contributed by atoms with Crippen molar-refractivity contribution in [2.75, 3.05) is 19.6 Å². The first-order chi connectivity index (χ1) is 9.72. The number of rotatable bonds is 5. The van der Waals surface area contributed by atoms with Gasteiger partial charge in [0.1, 0.15) is 0 Å². The highest BCUT2D eigenvalue weighted by molar-refractivity contribution is 5.16. The van der Waals surface area contributed by atoms with E-state index in [1.165, 1.54) is 31.5 Å². The number of hydrogen-bond acceptors (Lipinski definition) is 2. The van der Waals surface area contributed by atoms with Crippen molar-refractivity contribution in [2.24, 2.45) is 11.8 Å². The van der Waals surface area contributed by atoms with Gasteiger partial charge >= 0.3 is 0 Å². The summed E-state index contributed by atoms with van der Waals surface area (Å²) in [5, 5.41) is 3.78. The maximum atomic E-state index is 3.78. The van der Waals surface area contributed by atoms with Gasteiger partial charge in [-0.1, -0.05) is 44.2 Å². The van der Waals surface area contributed by atoms with E-state index in [9.17, 15) is 0 Å². The Morgan fingerprint density at radius 2 is 1.95 bits per heavy atom. The van der Waals surface area contributed by atoms with E-state index in [0.717, 1.165) is 30.8 Å². The second-order valence-electron chi connectivity index (χ2n) is 7.00. The van der Waals surface area contributed by atoms with Crippen molar-refractivity contribution in [1.82, 2.24) is 10.2 Å². The summed E-state index contributed by atoms with van der Waals surface area (Å²) in [6, 6.07) is 12.2. The summed E-state index contributed by atoms with van der Waals surface area (Å²) in [6.07, 6.45) is 4.07. The van der Waals surface area contributed by atoms with E-state index >= 15 is 0 Å². The predicted molar refractivity (Wildman–Crippen MR) is 84.9 cm³/mol. The lowest BCUT2D eigenvalue weighted by molar-refractivity contribution is 0.0935. The Balaban J connectivity index is 1.60. The van der Waals surface area contributed by atoms with Gasteiger partial charge in [-0.3, -0.25) is 4.90 Å². The van der Waals surface area contributed by atoms with Gasteiger partial charge in [-0.05, 0) is 36.7 Å². The lowest BCUT2D eigenvalue weighted by Crippen LogP contribution is -2.59. The summed E-state index contributed by atoms with van der Waals surface area (Å²) < 4.78 is 0. The molecule has 1 aliphatic carbocycles. The fourth-order valence-corrected chi connectivity index (χ4v) is 3.43. The Morgan fingerprint density at radius 1 is 1.20 bits per heavy atom. The van der Waals surface area contributed by atoms with E-state index < -0.39 is 0 Å². The van der Waals surface area contributed by atoms with Crippen LogP contribution in [0.5, 0.6) is 0 Å². The van der Waals surface area contributed by atoms with Crippen LogP contribution in [0.15, 0.2) is 30.3 Å². The highest BCUT2D eigenvalue weighted by atomic mass is 15.2. The summed E-state index contributed by atoms with van der Waals surface area (Å²) in [7, 11) is 0. The SMILES string of the molecule is CC(C)C1CNC(Cc2ccccc2)CN1CC1CC1. The standard InChI is InChI=1S/C18H28N2/c1-14(2)18-11-19-17(10-15-6-4-3-5-7-15)13-20(18)12-16-8-9-16/h3-7,14,16-19H,8-13H2,1-2H3. The van der Waals surface area contributed by atoms with Crippen molar-refractivity contribution in [2.45, 2.75) is 45.2 Å². The summed E-state index contributed by atoms with van der Waals surface area (Å²) in [6.45, 7) is 8.43. The van der Waals surface area contributed by atoms with Crippen LogP contribution >= 0.6 is 0 Å². The Bertz CT molecular complexity index is 411. The van der Waals surface area contributed by atoms with Gasteiger partial charge in [-0.25, -0.2) is 0 Å². The van der Waals surface area contributed by atoms with Gasteiger partial charge in [0.25, 0.3) is 0 Å². The molecule has 1 heterocycles. The molecule has 0 spiro atoms. The topological polar surface area (TPSA) is 15.3 Å². The number of piperazine rings is 1. The number of nitrogens with zero attached hydrogens (tertiary/aromatic N) is 1. The zero-order valence-electron chi connectivity index (χ0n) is 12.9. The molecule has 1 N–H and O–H groups in total. The average molecular weight is 272 g/mol. The molecule has 2 unspecified atom stereocenters. The molecular formula is C18H28N2. The Morgan fingerprint density at radius 3 is 2.60 bits per heavy atom. The van der Waals surface area contributed by atoms with Gasteiger partial charge in [0.15, 0.2) is 0 Å². The van der Waals surface area contributed by atoms with Gasteiger partial charge < -0.3 is 5.32 Å². The first-order valence-corrected chi connectivity index (χ1v) is 8.23. The van der Waals surface area contributed by atoms with E-state index in [2.05, 4.69) is 54.4 Å². The smallest absolute Gasteiger partial charge is 0.0244 e. The molecule has 1 saturated carbocycles. The molecular weight excluding hydrogens is 244 g/mol. The first-order valence-electron chi connectivity index (χ1n) is 8.23. The normalized spacial score (nSPS) is 27.9. The third-order valence-electron chi connectivity index (χ3n) is 4.82. The molecule has 0 aromatic heterocycles. The summed E-state index contributed by atoms with van der Waals surface area (Å²) >= 11 is 0. The fraction of sp³-hybridized carbons (Fsp3) is 0.667. The first kappa shape index (κ1) is 14.1. The van der Waals surface area contributed by atoms with E-state index in [0.29, 0.717) is 6.04 Å². The second kappa shape index (κ2) is 6.28. The number of benzene rings is 1. The van der Waals surface area contributed by atoms with Crippen LogP contribution in [0.3, 0.4) is 0 Å². The third-order valence-corrected chi connectivity index (χ3v) is 4.82. The highest BCUT2D eigenvalue weighted by Gasteiger charge is 2.33. The van der Waals surface area contributed by atoms with Gasteiger partial charge in [-0.2, -0.15) is 0 Å². The third kappa shape index (κ3) is 3.62. The molecule has 110 valence electrons. The molecule has 0 radical (unpaired) electrons.